The minimum atomic E-state index is -0.476. The Morgan fingerprint density at radius 2 is 1.63 bits per heavy atom. The number of hydrogen-bond acceptors (Lipinski definition) is 5. The second-order valence-corrected chi connectivity index (χ2v) is 6.62. The summed E-state index contributed by atoms with van der Waals surface area (Å²) >= 11 is 0. The Kier molecular flexibility index (Phi) is 5.90. The van der Waals surface area contributed by atoms with Gasteiger partial charge in [0.15, 0.2) is 17.2 Å². The van der Waals surface area contributed by atoms with Gasteiger partial charge in [-0.3, -0.25) is 0 Å². The van der Waals surface area contributed by atoms with Gasteiger partial charge in [-0.1, -0.05) is 54.6 Å². The Balaban J connectivity index is 1.56. The molecule has 150 valence electrons. The summed E-state index contributed by atoms with van der Waals surface area (Å²) in [7, 11) is 0. The van der Waals surface area contributed by atoms with Crippen LogP contribution in [0.4, 0.5) is 0 Å². The molecule has 0 bridgehead atoms. The number of benzene rings is 3. The van der Waals surface area contributed by atoms with Gasteiger partial charge in [0.05, 0.1) is 6.61 Å². The number of carbonyl (C=O) groups is 1. The first-order valence-electron chi connectivity index (χ1n) is 9.74. The van der Waals surface area contributed by atoms with Crippen LogP contribution in [0.2, 0.25) is 0 Å². The van der Waals surface area contributed by atoms with E-state index in [2.05, 4.69) is 4.99 Å². The predicted molar refractivity (Wildman–Crippen MR) is 115 cm³/mol. The summed E-state index contributed by atoms with van der Waals surface area (Å²) < 4.78 is 17.0. The molecule has 1 aliphatic rings. The summed E-state index contributed by atoms with van der Waals surface area (Å²) in [4.78, 5) is 16.6. The van der Waals surface area contributed by atoms with Crippen LogP contribution in [0.1, 0.15) is 23.6 Å². The largest absolute Gasteiger partial charge is 0.490 e. The minimum Gasteiger partial charge on any atom is -0.490 e. The second kappa shape index (κ2) is 9.09. The fraction of sp³-hybridized carbons (Fsp3) is 0.120. The monoisotopic (exact) mass is 399 g/mol. The summed E-state index contributed by atoms with van der Waals surface area (Å²) in [5.41, 5.74) is 2.85. The number of carbonyl (C=O) groups excluding carboxylic acids is 1. The van der Waals surface area contributed by atoms with Crippen LogP contribution >= 0.6 is 0 Å². The first kappa shape index (κ1) is 19.5. The first-order valence-corrected chi connectivity index (χ1v) is 9.74. The molecule has 0 saturated heterocycles. The van der Waals surface area contributed by atoms with Crippen LogP contribution in [0.25, 0.3) is 6.08 Å². The summed E-state index contributed by atoms with van der Waals surface area (Å²) in [5, 5.41) is 0. The van der Waals surface area contributed by atoms with Gasteiger partial charge in [-0.25, -0.2) is 9.79 Å². The van der Waals surface area contributed by atoms with Crippen molar-refractivity contribution in [3.63, 3.8) is 0 Å². The van der Waals surface area contributed by atoms with Gasteiger partial charge >= 0.3 is 5.97 Å². The molecule has 0 amide bonds. The maximum absolute atomic E-state index is 12.2. The van der Waals surface area contributed by atoms with Crippen molar-refractivity contribution in [2.75, 3.05) is 6.61 Å². The van der Waals surface area contributed by atoms with E-state index in [1.165, 1.54) is 0 Å². The molecule has 0 unspecified atom stereocenters. The standard InChI is InChI=1S/C25H21NO4/c1-2-28-23-16-19(13-14-22(23)29-17-18-9-5-3-6-10-18)15-21-25(27)30-24(26-21)20-11-7-4-8-12-20/h3-16H,2,17H2,1H3/b21-15+. The topological polar surface area (TPSA) is 57.1 Å². The zero-order valence-corrected chi connectivity index (χ0v) is 16.6. The van der Waals surface area contributed by atoms with E-state index in [9.17, 15) is 4.79 Å². The molecule has 5 nitrogen and oxygen atoms in total. The molecule has 1 heterocycles. The first-order chi connectivity index (χ1) is 14.7. The lowest BCUT2D eigenvalue weighted by Crippen LogP contribution is -2.05. The highest BCUT2D eigenvalue weighted by atomic mass is 16.6. The molecule has 0 radical (unpaired) electrons. The number of aliphatic imine (C=N–C) groups is 1. The highest BCUT2D eigenvalue weighted by Gasteiger charge is 2.24. The zero-order valence-electron chi connectivity index (χ0n) is 16.6. The third kappa shape index (κ3) is 4.58. The lowest BCUT2D eigenvalue weighted by atomic mass is 10.1. The molecule has 5 heteroatoms. The Morgan fingerprint density at radius 1 is 0.900 bits per heavy atom. The van der Waals surface area contributed by atoms with Crippen LogP contribution in [-0.2, 0) is 16.1 Å². The highest BCUT2D eigenvalue weighted by molar-refractivity contribution is 6.12. The number of rotatable bonds is 7. The summed E-state index contributed by atoms with van der Waals surface area (Å²) in [6, 6.07) is 24.8. The van der Waals surface area contributed by atoms with Crippen LogP contribution in [0.5, 0.6) is 11.5 Å². The van der Waals surface area contributed by atoms with Crippen LogP contribution in [0.15, 0.2) is 89.6 Å². The Bertz CT molecular complexity index is 1090. The molecule has 4 rings (SSSR count). The van der Waals surface area contributed by atoms with Crippen LogP contribution in [0.3, 0.4) is 0 Å². The van der Waals surface area contributed by atoms with Gasteiger partial charge < -0.3 is 14.2 Å². The van der Waals surface area contributed by atoms with Crippen molar-refractivity contribution in [3.05, 3.63) is 101 Å². The zero-order chi connectivity index (χ0) is 20.8. The van der Waals surface area contributed by atoms with Gasteiger partial charge in [0.1, 0.15) is 6.61 Å². The summed E-state index contributed by atoms with van der Waals surface area (Å²) in [6.07, 6.45) is 1.68. The quantitative estimate of drug-likeness (QED) is 0.414. The van der Waals surface area contributed by atoms with Crippen molar-refractivity contribution < 1.29 is 19.0 Å². The third-order valence-corrected chi connectivity index (χ3v) is 4.45. The van der Waals surface area contributed by atoms with Crippen molar-refractivity contribution in [2.45, 2.75) is 13.5 Å². The SMILES string of the molecule is CCOc1cc(/C=C2/N=C(c3ccccc3)OC2=O)ccc1OCc1ccccc1. The molecule has 1 aliphatic heterocycles. The number of cyclic esters (lactones) is 1. The van der Waals surface area contributed by atoms with Gasteiger partial charge in [-0.15, -0.1) is 0 Å². The molecule has 3 aromatic rings. The van der Waals surface area contributed by atoms with Gasteiger partial charge in [0, 0.05) is 5.56 Å². The molecule has 30 heavy (non-hydrogen) atoms. The smallest absolute Gasteiger partial charge is 0.363 e. The molecule has 0 saturated carbocycles. The number of hydrogen-bond donors (Lipinski definition) is 0. The molecule has 0 atom stereocenters. The fourth-order valence-electron chi connectivity index (χ4n) is 3.01. The van der Waals surface area contributed by atoms with E-state index in [4.69, 9.17) is 14.2 Å². The Labute approximate surface area is 175 Å². The highest BCUT2D eigenvalue weighted by Crippen LogP contribution is 2.31. The van der Waals surface area contributed by atoms with Crippen molar-refractivity contribution in [3.8, 4) is 11.5 Å². The van der Waals surface area contributed by atoms with Crippen LogP contribution in [0, 0.1) is 0 Å². The van der Waals surface area contributed by atoms with E-state index in [0.717, 1.165) is 16.7 Å². The average molecular weight is 399 g/mol. The fourth-order valence-corrected chi connectivity index (χ4v) is 3.01. The number of esters is 1. The van der Waals surface area contributed by atoms with E-state index in [0.29, 0.717) is 30.6 Å². The van der Waals surface area contributed by atoms with Crippen molar-refractivity contribution in [1.29, 1.82) is 0 Å². The Hall–Kier alpha value is -3.86. The second-order valence-electron chi connectivity index (χ2n) is 6.62. The van der Waals surface area contributed by atoms with Crippen LogP contribution in [-0.4, -0.2) is 18.5 Å². The van der Waals surface area contributed by atoms with E-state index in [-0.39, 0.29) is 5.70 Å². The molecule has 0 aromatic heterocycles. The van der Waals surface area contributed by atoms with Crippen molar-refractivity contribution in [1.82, 2.24) is 0 Å². The third-order valence-electron chi connectivity index (χ3n) is 4.45. The van der Waals surface area contributed by atoms with Gasteiger partial charge in [0.2, 0.25) is 5.90 Å². The van der Waals surface area contributed by atoms with Gasteiger partial charge in [-0.05, 0) is 48.4 Å². The molecule has 3 aromatic carbocycles. The summed E-state index contributed by atoms with van der Waals surface area (Å²) in [5.74, 6) is 1.09. The van der Waals surface area contributed by atoms with Crippen LogP contribution < -0.4 is 9.47 Å². The van der Waals surface area contributed by atoms with E-state index in [1.807, 2.05) is 85.8 Å². The van der Waals surface area contributed by atoms with E-state index < -0.39 is 5.97 Å². The molecular formula is C25H21NO4. The maximum Gasteiger partial charge on any atom is 0.363 e. The lowest BCUT2D eigenvalue weighted by molar-refractivity contribution is -0.129. The normalized spacial score (nSPS) is 14.4. The van der Waals surface area contributed by atoms with Gasteiger partial charge in [-0.2, -0.15) is 0 Å². The maximum atomic E-state index is 12.2. The van der Waals surface area contributed by atoms with E-state index in [1.54, 1.807) is 6.08 Å². The number of nitrogens with zero attached hydrogens (tertiary/aromatic N) is 1. The lowest BCUT2D eigenvalue weighted by Gasteiger charge is -2.12. The average Bonchev–Trinajstić information content (AvgIpc) is 3.15. The molecular weight excluding hydrogens is 378 g/mol. The van der Waals surface area contributed by atoms with E-state index >= 15 is 0 Å². The number of ether oxygens (including phenoxy) is 3. The molecule has 0 N–H and O–H groups in total. The molecule has 0 aliphatic carbocycles. The van der Waals surface area contributed by atoms with Gasteiger partial charge in [0.25, 0.3) is 0 Å². The minimum absolute atomic E-state index is 0.245. The summed E-state index contributed by atoms with van der Waals surface area (Å²) in [6.45, 7) is 2.86. The Morgan fingerprint density at radius 3 is 2.37 bits per heavy atom. The molecule has 0 fully saturated rings. The molecule has 0 spiro atoms. The predicted octanol–water partition coefficient (Wildman–Crippen LogP) is 5.01. The van der Waals surface area contributed by atoms with Crippen molar-refractivity contribution in [2.24, 2.45) is 4.99 Å². The van der Waals surface area contributed by atoms with Crippen molar-refractivity contribution >= 4 is 17.9 Å².